The molecule has 0 aromatic heterocycles. The van der Waals surface area contributed by atoms with Crippen molar-refractivity contribution in [2.75, 3.05) is 25.6 Å². The smallest absolute Gasteiger partial charge is 0.233 e. The van der Waals surface area contributed by atoms with E-state index >= 15 is 0 Å². The summed E-state index contributed by atoms with van der Waals surface area (Å²) in [6.07, 6.45) is 7.70. The van der Waals surface area contributed by atoms with Gasteiger partial charge in [0, 0.05) is 12.6 Å². The molecule has 1 saturated carbocycles. The van der Waals surface area contributed by atoms with E-state index in [4.69, 9.17) is 9.47 Å². The average molecular weight is 362 g/mol. The summed E-state index contributed by atoms with van der Waals surface area (Å²) in [7, 11) is 0. The molecule has 1 N–H and O–H groups in total. The third-order valence-corrected chi connectivity index (χ3v) is 6.52. The van der Waals surface area contributed by atoms with Crippen molar-refractivity contribution in [1.82, 2.24) is 10.2 Å². The van der Waals surface area contributed by atoms with Gasteiger partial charge in [-0.05, 0) is 43.5 Å². The normalized spacial score (nSPS) is 23.4. The van der Waals surface area contributed by atoms with Gasteiger partial charge in [-0.15, -0.1) is 11.8 Å². The summed E-state index contributed by atoms with van der Waals surface area (Å²) in [4.78, 5) is 14.3. The number of hydrogen-bond donors (Lipinski definition) is 1. The van der Waals surface area contributed by atoms with Crippen LogP contribution >= 0.6 is 11.8 Å². The van der Waals surface area contributed by atoms with Gasteiger partial charge in [-0.1, -0.05) is 25.3 Å². The monoisotopic (exact) mass is 362 g/mol. The highest BCUT2D eigenvalue weighted by Gasteiger charge is 2.33. The zero-order chi connectivity index (χ0) is 17.1. The standard InChI is InChI=1S/C19H26N2O3S/c22-18-12-25-19(14-7-8-16-17(11-14)24-13-23-16)21(18)10-4-9-20-15-5-2-1-3-6-15/h7-8,11,15,19-20H,1-6,9-10,12-13H2. The number of ether oxygens (including phenoxy) is 2. The second kappa shape index (κ2) is 7.87. The van der Waals surface area contributed by atoms with Crippen LogP contribution in [0.5, 0.6) is 11.5 Å². The number of hydrogen-bond acceptors (Lipinski definition) is 5. The lowest BCUT2D eigenvalue weighted by molar-refractivity contribution is -0.128. The Balaban J connectivity index is 1.32. The minimum Gasteiger partial charge on any atom is -0.454 e. The molecule has 25 heavy (non-hydrogen) atoms. The number of nitrogens with one attached hydrogen (secondary N) is 1. The maximum Gasteiger partial charge on any atom is 0.233 e. The lowest BCUT2D eigenvalue weighted by Gasteiger charge is -2.26. The van der Waals surface area contributed by atoms with Gasteiger partial charge in [-0.2, -0.15) is 0 Å². The highest BCUT2D eigenvalue weighted by atomic mass is 32.2. The highest BCUT2D eigenvalue weighted by Crippen LogP contribution is 2.42. The molecule has 2 fully saturated rings. The molecule has 136 valence electrons. The molecule has 2 aliphatic heterocycles. The van der Waals surface area contributed by atoms with Crippen LogP contribution in [0.15, 0.2) is 18.2 Å². The van der Waals surface area contributed by atoms with E-state index in [1.807, 2.05) is 17.0 Å². The molecule has 0 radical (unpaired) electrons. The van der Waals surface area contributed by atoms with Crippen LogP contribution in [0.2, 0.25) is 0 Å². The number of amides is 1. The maximum atomic E-state index is 12.3. The number of nitrogens with zero attached hydrogens (tertiary/aromatic N) is 1. The predicted octanol–water partition coefficient (Wildman–Crippen LogP) is 3.30. The molecule has 4 rings (SSSR count). The van der Waals surface area contributed by atoms with Gasteiger partial charge in [0.1, 0.15) is 5.37 Å². The number of carbonyl (C=O) groups excluding carboxylic acids is 1. The number of carbonyl (C=O) groups is 1. The van der Waals surface area contributed by atoms with E-state index in [1.54, 1.807) is 11.8 Å². The molecular weight excluding hydrogens is 336 g/mol. The lowest BCUT2D eigenvalue weighted by Crippen LogP contribution is -2.35. The highest BCUT2D eigenvalue weighted by molar-refractivity contribution is 8.00. The quantitative estimate of drug-likeness (QED) is 0.787. The predicted molar refractivity (Wildman–Crippen MR) is 99.0 cm³/mol. The molecule has 2 heterocycles. The van der Waals surface area contributed by atoms with Crippen LogP contribution in [0.1, 0.15) is 49.5 Å². The fourth-order valence-corrected chi connectivity index (χ4v) is 5.11. The number of benzene rings is 1. The molecule has 1 aromatic rings. The van der Waals surface area contributed by atoms with Crippen molar-refractivity contribution in [2.24, 2.45) is 0 Å². The third kappa shape index (κ3) is 3.90. The Morgan fingerprint density at radius 1 is 1.16 bits per heavy atom. The first kappa shape index (κ1) is 17.0. The Labute approximate surface area is 153 Å². The van der Waals surface area contributed by atoms with Crippen LogP contribution in [0.25, 0.3) is 0 Å². The number of thioether (sulfide) groups is 1. The van der Waals surface area contributed by atoms with E-state index in [0.29, 0.717) is 11.8 Å². The van der Waals surface area contributed by atoms with Crippen molar-refractivity contribution < 1.29 is 14.3 Å². The molecule has 3 aliphatic rings. The summed E-state index contributed by atoms with van der Waals surface area (Å²) in [5.41, 5.74) is 1.13. The van der Waals surface area contributed by atoms with E-state index in [-0.39, 0.29) is 18.1 Å². The van der Waals surface area contributed by atoms with Crippen molar-refractivity contribution >= 4 is 17.7 Å². The average Bonchev–Trinajstić information content (AvgIpc) is 3.25. The Kier molecular flexibility index (Phi) is 5.36. The molecular formula is C19H26N2O3S. The molecule has 0 spiro atoms. The van der Waals surface area contributed by atoms with Crippen LogP contribution in [0.4, 0.5) is 0 Å². The Morgan fingerprint density at radius 2 is 2.00 bits per heavy atom. The molecule has 1 aliphatic carbocycles. The second-order valence-corrected chi connectivity index (χ2v) is 8.07. The largest absolute Gasteiger partial charge is 0.454 e. The SMILES string of the molecule is O=C1CSC(c2ccc3c(c2)OCO3)N1CCCNC1CCCCC1. The molecule has 1 aromatic carbocycles. The van der Waals surface area contributed by atoms with Gasteiger partial charge >= 0.3 is 0 Å². The fraction of sp³-hybridized carbons (Fsp3) is 0.632. The van der Waals surface area contributed by atoms with Gasteiger partial charge in [0.15, 0.2) is 11.5 Å². The molecule has 1 atom stereocenters. The topological polar surface area (TPSA) is 50.8 Å². The van der Waals surface area contributed by atoms with Gasteiger partial charge < -0.3 is 19.7 Å². The van der Waals surface area contributed by atoms with Crippen LogP contribution in [-0.2, 0) is 4.79 Å². The Morgan fingerprint density at radius 3 is 2.88 bits per heavy atom. The zero-order valence-electron chi connectivity index (χ0n) is 14.5. The minimum atomic E-state index is 0.0941. The van der Waals surface area contributed by atoms with E-state index in [1.165, 1.54) is 32.1 Å². The fourth-order valence-electron chi connectivity index (χ4n) is 3.90. The van der Waals surface area contributed by atoms with Crippen LogP contribution in [0.3, 0.4) is 0 Å². The van der Waals surface area contributed by atoms with Gasteiger partial charge in [-0.3, -0.25) is 4.79 Å². The summed E-state index contributed by atoms with van der Waals surface area (Å²) in [5.74, 6) is 2.39. The second-order valence-electron chi connectivity index (χ2n) is 7.01. The van der Waals surface area contributed by atoms with Gasteiger partial charge in [-0.25, -0.2) is 0 Å². The van der Waals surface area contributed by atoms with Crippen LogP contribution in [0, 0.1) is 0 Å². The van der Waals surface area contributed by atoms with Crippen LogP contribution < -0.4 is 14.8 Å². The minimum absolute atomic E-state index is 0.0941. The molecule has 1 unspecified atom stereocenters. The Hall–Kier alpha value is -1.40. The summed E-state index contributed by atoms with van der Waals surface area (Å²) in [6, 6.07) is 6.70. The molecule has 1 amide bonds. The summed E-state index contributed by atoms with van der Waals surface area (Å²) in [6.45, 7) is 2.09. The first-order chi connectivity index (χ1) is 12.3. The van der Waals surface area contributed by atoms with Crippen molar-refractivity contribution in [3.8, 4) is 11.5 Å². The van der Waals surface area contributed by atoms with E-state index in [9.17, 15) is 4.79 Å². The first-order valence-electron chi connectivity index (χ1n) is 9.35. The molecule has 0 bridgehead atoms. The molecule has 6 heteroatoms. The lowest BCUT2D eigenvalue weighted by atomic mass is 9.95. The van der Waals surface area contributed by atoms with Crippen molar-refractivity contribution in [2.45, 2.75) is 49.9 Å². The Bertz CT molecular complexity index is 619. The summed E-state index contributed by atoms with van der Waals surface area (Å²) >= 11 is 1.70. The van der Waals surface area contributed by atoms with Gasteiger partial charge in [0.25, 0.3) is 0 Å². The van der Waals surface area contributed by atoms with Crippen LogP contribution in [-0.4, -0.2) is 42.5 Å². The van der Waals surface area contributed by atoms with E-state index in [2.05, 4.69) is 11.4 Å². The summed E-state index contributed by atoms with van der Waals surface area (Å²) in [5, 5.41) is 3.76. The van der Waals surface area contributed by atoms with E-state index in [0.717, 1.165) is 36.6 Å². The van der Waals surface area contributed by atoms with Crippen molar-refractivity contribution in [1.29, 1.82) is 0 Å². The maximum absolute atomic E-state index is 12.3. The molecule has 5 nitrogen and oxygen atoms in total. The number of rotatable bonds is 6. The summed E-state index contributed by atoms with van der Waals surface area (Å²) < 4.78 is 10.9. The third-order valence-electron chi connectivity index (χ3n) is 5.26. The van der Waals surface area contributed by atoms with Gasteiger partial charge in [0.05, 0.1) is 5.75 Å². The number of fused-ring (bicyclic) bond motifs is 1. The first-order valence-corrected chi connectivity index (χ1v) is 10.4. The van der Waals surface area contributed by atoms with Crippen molar-refractivity contribution in [3.05, 3.63) is 23.8 Å². The molecule has 1 saturated heterocycles. The van der Waals surface area contributed by atoms with E-state index < -0.39 is 0 Å². The van der Waals surface area contributed by atoms with Gasteiger partial charge in [0.2, 0.25) is 12.7 Å². The zero-order valence-corrected chi connectivity index (χ0v) is 15.4. The van der Waals surface area contributed by atoms with Crippen molar-refractivity contribution in [3.63, 3.8) is 0 Å².